The number of carbonyl (C=O) groups is 1. The van der Waals surface area contributed by atoms with Gasteiger partial charge in [0, 0.05) is 18.3 Å². The first-order valence-corrected chi connectivity index (χ1v) is 7.52. The highest BCUT2D eigenvalue weighted by Gasteiger charge is 2.12. The molecule has 0 spiro atoms. The quantitative estimate of drug-likeness (QED) is 0.541. The fourth-order valence-electron chi connectivity index (χ4n) is 2.04. The first-order valence-electron chi connectivity index (χ1n) is 7.52. The number of hydrogen-bond acceptors (Lipinski definition) is 8. The van der Waals surface area contributed by atoms with E-state index in [9.17, 15) is 4.79 Å². The molecule has 1 amide bonds. The molecule has 9 heteroatoms. The van der Waals surface area contributed by atoms with Gasteiger partial charge < -0.3 is 18.9 Å². The van der Waals surface area contributed by atoms with E-state index in [0.29, 0.717) is 28.7 Å². The number of hydrazine groups is 1. The van der Waals surface area contributed by atoms with Crippen molar-refractivity contribution in [3.63, 3.8) is 0 Å². The Morgan fingerprint density at radius 2 is 1.73 bits per heavy atom. The molecule has 0 aliphatic carbocycles. The van der Waals surface area contributed by atoms with Crippen molar-refractivity contribution in [1.29, 1.82) is 0 Å². The first kappa shape index (κ1) is 18.8. The smallest absolute Gasteiger partial charge is 0.262 e. The van der Waals surface area contributed by atoms with Gasteiger partial charge in [0.05, 0.1) is 28.4 Å². The van der Waals surface area contributed by atoms with Crippen LogP contribution in [-0.4, -0.2) is 44.3 Å². The fourth-order valence-corrected chi connectivity index (χ4v) is 2.04. The summed E-state index contributed by atoms with van der Waals surface area (Å²) in [6.45, 7) is 0. The minimum absolute atomic E-state index is 0.207. The largest absolute Gasteiger partial charge is 0.493 e. The van der Waals surface area contributed by atoms with Gasteiger partial charge in [0.25, 0.3) is 5.91 Å². The van der Waals surface area contributed by atoms with Crippen molar-refractivity contribution in [2.75, 3.05) is 33.9 Å². The summed E-state index contributed by atoms with van der Waals surface area (Å²) in [4.78, 5) is 19.9. The second-order valence-corrected chi connectivity index (χ2v) is 4.83. The van der Waals surface area contributed by atoms with Crippen molar-refractivity contribution in [3.05, 3.63) is 36.0 Å². The van der Waals surface area contributed by atoms with Crippen LogP contribution >= 0.6 is 0 Å². The summed E-state index contributed by atoms with van der Waals surface area (Å²) in [7, 11) is 6.06. The van der Waals surface area contributed by atoms with E-state index in [-0.39, 0.29) is 5.95 Å². The van der Waals surface area contributed by atoms with E-state index in [1.165, 1.54) is 40.7 Å². The highest BCUT2D eigenvalue weighted by molar-refractivity contribution is 5.92. The van der Waals surface area contributed by atoms with E-state index in [1.54, 1.807) is 24.3 Å². The van der Waals surface area contributed by atoms with E-state index in [1.807, 2.05) is 0 Å². The Bertz CT molecular complexity index is 769. The second kappa shape index (κ2) is 9.11. The number of methoxy groups -OCH3 is 4. The van der Waals surface area contributed by atoms with Gasteiger partial charge in [-0.3, -0.25) is 15.6 Å². The van der Waals surface area contributed by atoms with Crippen molar-refractivity contribution >= 4 is 17.9 Å². The molecule has 1 heterocycles. The third-order valence-electron chi connectivity index (χ3n) is 3.25. The molecule has 0 atom stereocenters. The molecular formula is C17H20N4O5. The predicted octanol–water partition coefficient (Wildman–Crippen LogP) is 1.67. The van der Waals surface area contributed by atoms with Gasteiger partial charge in [-0.1, -0.05) is 0 Å². The fraction of sp³-hybridized carbons (Fsp3) is 0.235. The summed E-state index contributed by atoms with van der Waals surface area (Å²) in [6, 6.07) is 5.05. The number of carbonyl (C=O) groups excluding carboxylic acids is 1. The molecule has 1 aromatic carbocycles. The molecule has 0 bridgehead atoms. The van der Waals surface area contributed by atoms with Crippen LogP contribution in [0.15, 0.2) is 30.5 Å². The Labute approximate surface area is 150 Å². The van der Waals surface area contributed by atoms with Crippen LogP contribution in [0, 0.1) is 0 Å². The number of amides is 1. The van der Waals surface area contributed by atoms with Crippen molar-refractivity contribution in [3.8, 4) is 23.1 Å². The van der Waals surface area contributed by atoms with Gasteiger partial charge in [-0.05, 0) is 23.8 Å². The molecule has 1 aromatic heterocycles. The third-order valence-corrected chi connectivity index (χ3v) is 3.25. The maximum absolute atomic E-state index is 11.9. The Kier molecular flexibility index (Phi) is 6.60. The molecule has 0 aliphatic rings. The first-order chi connectivity index (χ1) is 12.6. The van der Waals surface area contributed by atoms with Crippen molar-refractivity contribution in [2.24, 2.45) is 0 Å². The Morgan fingerprint density at radius 1 is 1.04 bits per heavy atom. The summed E-state index contributed by atoms with van der Waals surface area (Å²) in [5.41, 5.74) is 5.75. The van der Waals surface area contributed by atoms with Gasteiger partial charge >= 0.3 is 0 Å². The van der Waals surface area contributed by atoms with Crippen molar-refractivity contribution in [1.82, 2.24) is 15.4 Å². The zero-order valence-electron chi connectivity index (χ0n) is 14.9. The summed E-state index contributed by atoms with van der Waals surface area (Å²) in [5.74, 6) is 1.66. The molecule has 9 nitrogen and oxygen atoms in total. The van der Waals surface area contributed by atoms with Gasteiger partial charge in [0.2, 0.25) is 17.6 Å². The van der Waals surface area contributed by atoms with E-state index in [2.05, 4.69) is 20.8 Å². The minimum atomic E-state index is -0.398. The lowest BCUT2D eigenvalue weighted by Crippen LogP contribution is -2.28. The molecule has 0 saturated carbocycles. The lowest BCUT2D eigenvalue weighted by molar-refractivity contribution is -0.116. The molecule has 2 N–H and O–H groups in total. The van der Waals surface area contributed by atoms with Gasteiger partial charge in [0.15, 0.2) is 11.5 Å². The number of anilines is 1. The normalized spacial score (nSPS) is 10.3. The Balaban J connectivity index is 2.05. The summed E-state index contributed by atoms with van der Waals surface area (Å²) in [6.07, 6.45) is 4.45. The van der Waals surface area contributed by atoms with Gasteiger partial charge in [0.1, 0.15) is 0 Å². The molecule has 0 radical (unpaired) electrons. The highest BCUT2D eigenvalue weighted by Crippen LogP contribution is 2.38. The van der Waals surface area contributed by atoms with Crippen LogP contribution in [0.1, 0.15) is 5.56 Å². The summed E-state index contributed by atoms with van der Waals surface area (Å²) in [5, 5.41) is 0. The zero-order valence-corrected chi connectivity index (χ0v) is 14.9. The number of aromatic nitrogens is 2. The summed E-state index contributed by atoms with van der Waals surface area (Å²) < 4.78 is 20.8. The summed E-state index contributed by atoms with van der Waals surface area (Å²) >= 11 is 0. The topological polar surface area (TPSA) is 104 Å². The third kappa shape index (κ3) is 4.76. The van der Waals surface area contributed by atoms with Crippen LogP contribution in [0.2, 0.25) is 0 Å². The molecule has 0 aliphatic heterocycles. The van der Waals surface area contributed by atoms with E-state index < -0.39 is 5.91 Å². The molecule has 2 aromatic rings. The Hall–Kier alpha value is -3.49. The average molecular weight is 360 g/mol. The van der Waals surface area contributed by atoms with Crippen LogP contribution in [0.25, 0.3) is 6.08 Å². The highest BCUT2D eigenvalue weighted by atomic mass is 16.5. The SMILES string of the molecule is COc1ccnc(NNC(=O)/C=C/c2cc(OC)c(OC)c(OC)c2)n1. The van der Waals surface area contributed by atoms with E-state index in [4.69, 9.17) is 18.9 Å². The number of ether oxygens (including phenoxy) is 4. The molecule has 0 saturated heterocycles. The molecule has 138 valence electrons. The van der Waals surface area contributed by atoms with E-state index in [0.717, 1.165) is 0 Å². The number of benzene rings is 1. The molecular weight excluding hydrogens is 340 g/mol. The van der Waals surface area contributed by atoms with Crippen molar-refractivity contribution in [2.45, 2.75) is 0 Å². The van der Waals surface area contributed by atoms with Crippen LogP contribution in [0.4, 0.5) is 5.95 Å². The maximum atomic E-state index is 11.9. The molecule has 26 heavy (non-hydrogen) atoms. The minimum Gasteiger partial charge on any atom is -0.493 e. The number of nitrogens with one attached hydrogen (secondary N) is 2. The average Bonchev–Trinajstić information content (AvgIpc) is 2.69. The number of rotatable bonds is 8. The van der Waals surface area contributed by atoms with Crippen molar-refractivity contribution < 1.29 is 23.7 Å². The molecule has 2 rings (SSSR count). The van der Waals surface area contributed by atoms with Crippen LogP contribution in [0.3, 0.4) is 0 Å². The predicted molar refractivity (Wildman–Crippen MR) is 95.5 cm³/mol. The lowest BCUT2D eigenvalue weighted by Gasteiger charge is -2.12. The van der Waals surface area contributed by atoms with Crippen LogP contribution in [0.5, 0.6) is 23.1 Å². The zero-order chi connectivity index (χ0) is 18.9. The van der Waals surface area contributed by atoms with Gasteiger partial charge in [-0.25, -0.2) is 4.98 Å². The number of hydrogen-bond donors (Lipinski definition) is 2. The molecule has 0 fully saturated rings. The maximum Gasteiger partial charge on any atom is 0.262 e. The Morgan fingerprint density at radius 3 is 2.31 bits per heavy atom. The van der Waals surface area contributed by atoms with E-state index >= 15 is 0 Å². The number of nitrogens with zero attached hydrogens (tertiary/aromatic N) is 2. The van der Waals surface area contributed by atoms with Crippen LogP contribution < -0.4 is 29.8 Å². The molecule has 0 unspecified atom stereocenters. The second-order valence-electron chi connectivity index (χ2n) is 4.83. The lowest BCUT2D eigenvalue weighted by atomic mass is 10.1. The standard InChI is InChI=1S/C17H20N4O5/c1-23-12-9-11(10-13(24-2)16(12)26-4)5-6-14(22)20-21-17-18-8-7-15(19-17)25-3/h5-10H,1-4H3,(H,20,22)(H,18,19,21)/b6-5+. The monoisotopic (exact) mass is 360 g/mol. The van der Waals surface area contributed by atoms with Crippen LogP contribution in [-0.2, 0) is 4.79 Å². The van der Waals surface area contributed by atoms with Gasteiger partial charge in [-0.2, -0.15) is 4.98 Å². The van der Waals surface area contributed by atoms with Gasteiger partial charge in [-0.15, -0.1) is 0 Å².